The van der Waals surface area contributed by atoms with Gasteiger partial charge < -0.3 is 5.11 Å². The summed E-state index contributed by atoms with van der Waals surface area (Å²) >= 11 is 0. The Kier molecular flexibility index (Phi) is 5.24. The Balaban J connectivity index is 2.34. The number of ketones is 1. The second-order valence-electron chi connectivity index (χ2n) is 7.36. The molecule has 29 heavy (non-hydrogen) atoms. The van der Waals surface area contributed by atoms with Crippen molar-refractivity contribution in [1.82, 2.24) is 9.55 Å². The quantitative estimate of drug-likeness (QED) is 0.758. The third kappa shape index (κ3) is 3.63. The molecule has 0 radical (unpaired) electrons. The molecule has 1 unspecified atom stereocenters. The van der Waals surface area contributed by atoms with Crippen LogP contribution in [0.1, 0.15) is 57.8 Å². The number of nitrogens with one attached hydrogen (secondary N) is 1. The van der Waals surface area contributed by atoms with Gasteiger partial charge in [0, 0.05) is 17.5 Å². The summed E-state index contributed by atoms with van der Waals surface area (Å²) in [5, 5.41) is 9.34. The van der Waals surface area contributed by atoms with E-state index in [1.165, 1.54) is 16.7 Å². The molecule has 2 N–H and O–H groups in total. The van der Waals surface area contributed by atoms with Gasteiger partial charge in [0.25, 0.3) is 5.56 Å². The van der Waals surface area contributed by atoms with E-state index in [-0.39, 0.29) is 28.9 Å². The van der Waals surface area contributed by atoms with Crippen LogP contribution in [0.5, 0.6) is 0 Å². The van der Waals surface area contributed by atoms with Gasteiger partial charge in [-0.05, 0) is 44.0 Å². The molecule has 0 saturated carbocycles. The summed E-state index contributed by atoms with van der Waals surface area (Å²) in [4.78, 5) is 52.5. The summed E-state index contributed by atoms with van der Waals surface area (Å²) in [6, 6.07) is 4.29. The summed E-state index contributed by atoms with van der Waals surface area (Å²) in [6.07, 6.45) is 7.87. The maximum Gasteiger partial charge on any atom is 0.335 e. The van der Waals surface area contributed by atoms with Crippen molar-refractivity contribution in [2.45, 2.75) is 39.2 Å². The molecule has 0 amide bonds. The van der Waals surface area contributed by atoms with Gasteiger partial charge in [0.1, 0.15) is 5.69 Å². The molecule has 2 aromatic rings. The number of aromatic carboxylic acids is 1. The lowest BCUT2D eigenvalue weighted by molar-refractivity contribution is 0.0696. The minimum Gasteiger partial charge on any atom is -0.478 e. The Labute approximate surface area is 167 Å². The number of allylic oxidation sites excluding steroid dienone is 4. The van der Waals surface area contributed by atoms with Gasteiger partial charge in [0.05, 0.1) is 11.1 Å². The van der Waals surface area contributed by atoms with Crippen LogP contribution in [0.3, 0.4) is 0 Å². The second-order valence-corrected chi connectivity index (χ2v) is 7.36. The predicted molar refractivity (Wildman–Crippen MR) is 109 cm³/mol. The number of hydrogen-bond donors (Lipinski definition) is 2. The molecule has 7 heteroatoms. The van der Waals surface area contributed by atoms with E-state index < -0.39 is 28.4 Å². The van der Waals surface area contributed by atoms with E-state index in [0.717, 1.165) is 0 Å². The number of carboxylic acid groups (broad SMARTS) is 1. The van der Waals surface area contributed by atoms with Crippen LogP contribution in [0.4, 0.5) is 0 Å². The maximum absolute atomic E-state index is 13.5. The van der Waals surface area contributed by atoms with E-state index in [0.29, 0.717) is 12.0 Å². The Morgan fingerprint density at radius 3 is 2.45 bits per heavy atom. The number of hydrogen-bond acceptors (Lipinski definition) is 4. The smallest absolute Gasteiger partial charge is 0.335 e. The zero-order chi connectivity index (χ0) is 21.3. The summed E-state index contributed by atoms with van der Waals surface area (Å²) in [7, 11) is 0. The SMILES string of the molecule is CCn1c(C(=O)c2cc(C)cc(C(=O)O)c2)c(C2(C)C=CC=CC2)c(=O)[nH]c1=O. The molecule has 0 spiro atoms. The zero-order valence-corrected chi connectivity index (χ0v) is 16.5. The van der Waals surface area contributed by atoms with Gasteiger partial charge in [0.2, 0.25) is 5.78 Å². The summed E-state index contributed by atoms with van der Waals surface area (Å²) in [5.41, 5.74) is -1.19. The van der Waals surface area contributed by atoms with E-state index in [1.807, 2.05) is 25.2 Å². The highest BCUT2D eigenvalue weighted by Gasteiger charge is 2.34. The highest BCUT2D eigenvalue weighted by Crippen LogP contribution is 2.32. The standard InChI is InChI=1S/C22H22N2O5/c1-4-24-17(18(25)14-10-13(2)11-15(12-14)20(27)28)16(19(26)23-21(24)29)22(3)8-6-5-7-9-22/h5-8,10-12H,4,9H2,1-3H3,(H,27,28)(H,23,26,29). The summed E-state index contributed by atoms with van der Waals surface area (Å²) in [6.45, 7) is 5.40. The Hall–Kier alpha value is -3.48. The van der Waals surface area contributed by atoms with Gasteiger partial charge in [-0.3, -0.25) is 19.1 Å². The molecular formula is C22H22N2O5. The average molecular weight is 394 g/mol. The monoisotopic (exact) mass is 394 g/mol. The number of H-pyrrole nitrogens is 1. The van der Waals surface area contributed by atoms with Crippen molar-refractivity contribution in [2.24, 2.45) is 0 Å². The number of aromatic nitrogens is 2. The van der Waals surface area contributed by atoms with Crippen molar-refractivity contribution in [2.75, 3.05) is 0 Å². The lowest BCUT2D eigenvalue weighted by Crippen LogP contribution is -2.42. The molecule has 150 valence electrons. The number of nitrogens with zero attached hydrogens (tertiary/aromatic N) is 1. The molecular weight excluding hydrogens is 372 g/mol. The van der Waals surface area contributed by atoms with E-state index in [9.17, 15) is 24.3 Å². The van der Waals surface area contributed by atoms with Crippen molar-refractivity contribution in [3.63, 3.8) is 0 Å². The van der Waals surface area contributed by atoms with Crippen LogP contribution in [0.2, 0.25) is 0 Å². The number of aromatic amines is 1. The highest BCUT2D eigenvalue weighted by atomic mass is 16.4. The van der Waals surface area contributed by atoms with Gasteiger partial charge in [-0.2, -0.15) is 0 Å². The third-order valence-corrected chi connectivity index (χ3v) is 5.14. The Morgan fingerprint density at radius 2 is 1.86 bits per heavy atom. The van der Waals surface area contributed by atoms with Crippen molar-refractivity contribution in [3.05, 3.63) is 91.3 Å². The molecule has 0 fully saturated rings. The summed E-state index contributed by atoms with van der Waals surface area (Å²) in [5.74, 6) is -1.71. The predicted octanol–water partition coefficient (Wildman–Crippen LogP) is 2.57. The van der Waals surface area contributed by atoms with Crippen LogP contribution >= 0.6 is 0 Å². The fourth-order valence-corrected chi connectivity index (χ4v) is 3.73. The summed E-state index contributed by atoms with van der Waals surface area (Å²) < 4.78 is 1.24. The molecule has 1 aromatic heterocycles. The first-order valence-electron chi connectivity index (χ1n) is 9.29. The van der Waals surface area contributed by atoms with Gasteiger partial charge in [-0.25, -0.2) is 9.59 Å². The van der Waals surface area contributed by atoms with Gasteiger partial charge in [0.15, 0.2) is 0 Å². The van der Waals surface area contributed by atoms with E-state index in [2.05, 4.69) is 4.98 Å². The number of rotatable bonds is 5. The van der Waals surface area contributed by atoms with Crippen molar-refractivity contribution >= 4 is 11.8 Å². The molecule has 7 nitrogen and oxygen atoms in total. The first-order valence-corrected chi connectivity index (χ1v) is 9.29. The van der Waals surface area contributed by atoms with Gasteiger partial charge in [-0.15, -0.1) is 0 Å². The van der Waals surface area contributed by atoms with E-state index in [4.69, 9.17) is 0 Å². The third-order valence-electron chi connectivity index (χ3n) is 5.14. The maximum atomic E-state index is 13.5. The number of benzene rings is 1. The first-order chi connectivity index (χ1) is 13.7. The van der Waals surface area contributed by atoms with Crippen molar-refractivity contribution in [3.8, 4) is 0 Å². The minimum atomic E-state index is -1.16. The lowest BCUT2D eigenvalue weighted by Gasteiger charge is -2.29. The molecule has 1 aliphatic rings. The van der Waals surface area contributed by atoms with Crippen LogP contribution in [0, 0.1) is 6.92 Å². The van der Waals surface area contributed by atoms with Crippen LogP contribution in [-0.2, 0) is 12.0 Å². The fourth-order valence-electron chi connectivity index (χ4n) is 3.73. The topological polar surface area (TPSA) is 109 Å². The fraction of sp³-hybridized carbons (Fsp3) is 0.273. The molecule has 1 atom stereocenters. The normalized spacial score (nSPS) is 18.0. The molecule has 1 heterocycles. The Morgan fingerprint density at radius 1 is 1.17 bits per heavy atom. The number of carbonyl (C=O) groups excluding carboxylic acids is 1. The average Bonchev–Trinajstić information content (AvgIpc) is 2.66. The van der Waals surface area contributed by atoms with Gasteiger partial charge in [-0.1, -0.05) is 31.2 Å². The van der Waals surface area contributed by atoms with E-state index in [1.54, 1.807) is 26.0 Å². The first kappa shape index (κ1) is 20.3. The van der Waals surface area contributed by atoms with E-state index >= 15 is 0 Å². The number of carbonyl (C=O) groups is 2. The molecule has 0 bridgehead atoms. The van der Waals surface area contributed by atoms with Crippen LogP contribution in [-0.4, -0.2) is 26.4 Å². The number of aryl methyl sites for hydroxylation is 1. The molecule has 1 aliphatic carbocycles. The highest BCUT2D eigenvalue weighted by molar-refractivity contribution is 6.10. The minimum absolute atomic E-state index is 0.00867. The lowest BCUT2D eigenvalue weighted by atomic mass is 9.76. The second kappa shape index (κ2) is 7.50. The van der Waals surface area contributed by atoms with Crippen LogP contribution in [0.25, 0.3) is 0 Å². The molecule has 1 aromatic carbocycles. The van der Waals surface area contributed by atoms with Crippen LogP contribution in [0.15, 0.2) is 52.1 Å². The Bertz CT molecular complexity index is 1180. The van der Waals surface area contributed by atoms with Crippen molar-refractivity contribution in [1.29, 1.82) is 0 Å². The number of carboxylic acids is 1. The van der Waals surface area contributed by atoms with Gasteiger partial charge >= 0.3 is 11.7 Å². The largest absolute Gasteiger partial charge is 0.478 e. The molecule has 0 saturated heterocycles. The zero-order valence-electron chi connectivity index (χ0n) is 16.5. The molecule has 3 rings (SSSR count). The van der Waals surface area contributed by atoms with Crippen molar-refractivity contribution < 1.29 is 14.7 Å². The molecule has 0 aliphatic heterocycles. The van der Waals surface area contributed by atoms with Crippen LogP contribution < -0.4 is 11.2 Å².